The first-order valence-electron chi connectivity index (χ1n) is 9.41. The van der Waals surface area contributed by atoms with Gasteiger partial charge in [-0.1, -0.05) is 45.0 Å². The van der Waals surface area contributed by atoms with Gasteiger partial charge in [0.15, 0.2) is 5.69 Å². The van der Waals surface area contributed by atoms with E-state index in [9.17, 15) is 4.79 Å². The molecule has 0 aliphatic carbocycles. The second-order valence-corrected chi connectivity index (χ2v) is 7.32. The van der Waals surface area contributed by atoms with Crippen molar-refractivity contribution in [3.63, 3.8) is 0 Å². The molecular formula is C21H31N3O2. The molecule has 1 heterocycles. The molecule has 2 rings (SSSR count). The van der Waals surface area contributed by atoms with Crippen molar-refractivity contribution < 1.29 is 9.21 Å². The van der Waals surface area contributed by atoms with Gasteiger partial charge in [0.05, 0.1) is 6.54 Å². The van der Waals surface area contributed by atoms with E-state index in [1.165, 1.54) is 17.4 Å². The fourth-order valence-corrected chi connectivity index (χ4v) is 2.68. The molecule has 0 radical (unpaired) electrons. The lowest BCUT2D eigenvalue weighted by molar-refractivity contribution is 0.0944. The first-order valence-corrected chi connectivity index (χ1v) is 9.41. The van der Waals surface area contributed by atoms with Gasteiger partial charge in [0.2, 0.25) is 5.89 Å². The molecule has 2 aromatic rings. The van der Waals surface area contributed by atoms with Crippen LogP contribution < -0.4 is 5.32 Å². The summed E-state index contributed by atoms with van der Waals surface area (Å²) in [7, 11) is 0. The predicted molar refractivity (Wildman–Crippen MR) is 104 cm³/mol. The smallest absolute Gasteiger partial charge is 0.273 e. The minimum atomic E-state index is -0.178. The maximum atomic E-state index is 12.1. The SMILES string of the molecule is CCC(C)N(Cc1nc(C(=O)NCC(C)C)co1)Cc1ccccc1C. The fourth-order valence-electron chi connectivity index (χ4n) is 2.68. The van der Waals surface area contributed by atoms with E-state index in [0.29, 0.717) is 36.6 Å². The molecule has 1 N–H and O–H groups in total. The minimum Gasteiger partial charge on any atom is -0.447 e. The summed E-state index contributed by atoms with van der Waals surface area (Å²) in [6.07, 6.45) is 2.49. The Hall–Kier alpha value is -2.14. The van der Waals surface area contributed by atoms with Gasteiger partial charge < -0.3 is 9.73 Å². The van der Waals surface area contributed by atoms with Crippen LogP contribution in [-0.4, -0.2) is 28.4 Å². The first-order chi connectivity index (χ1) is 12.4. The zero-order valence-corrected chi connectivity index (χ0v) is 16.6. The number of amides is 1. The Bertz CT molecular complexity index is 709. The van der Waals surface area contributed by atoms with Crippen LogP contribution in [0.5, 0.6) is 0 Å². The van der Waals surface area contributed by atoms with Gasteiger partial charge in [-0.05, 0) is 37.3 Å². The Morgan fingerprint density at radius 2 is 1.96 bits per heavy atom. The van der Waals surface area contributed by atoms with Crippen LogP contribution in [0, 0.1) is 12.8 Å². The van der Waals surface area contributed by atoms with Crippen molar-refractivity contribution in [1.29, 1.82) is 0 Å². The van der Waals surface area contributed by atoms with Crippen molar-refractivity contribution in [3.8, 4) is 0 Å². The van der Waals surface area contributed by atoms with Crippen LogP contribution in [0.3, 0.4) is 0 Å². The molecule has 0 saturated carbocycles. The molecule has 0 fully saturated rings. The van der Waals surface area contributed by atoms with Crippen LogP contribution in [0.4, 0.5) is 0 Å². The van der Waals surface area contributed by atoms with Crippen LogP contribution in [0.25, 0.3) is 0 Å². The van der Waals surface area contributed by atoms with Crippen LogP contribution in [-0.2, 0) is 13.1 Å². The number of hydrogen-bond donors (Lipinski definition) is 1. The third-order valence-electron chi connectivity index (χ3n) is 4.64. The van der Waals surface area contributed by atoms with Gasteiger partial charge in [0, 0.05) is 19.1 Å². The molecule has 142 valence electrons. The van der Waals surface area contributed by atoms with Crippen molar-refractivity contribution in [2.75, 3.05) is 6.54 Å². The lowest BCUT2D eigenvalue weighted by Gasteiger charge is -2.27. The van der Waals surface area contributed by atoms with Crippen molar-refractivity contribution in [1.82, 2.24) is 15.2 Å². The topological polar surface area (TPSA) is 58.4 Å². The number of oxazole rings is 1. The molecular weight excluding hydrogens is 326 g/mol. The van der Waals surface area contributed by atoms with Crippen LogP contribution >= 0.6 is 0 Å². The number of aromatic nitrogens is 1. The Morgan fingerprint density at radius 3 is 2.62 bits per heavy atom. The molecule has 1 amide bonds. The van der Waals surface area contributed by atoms with Crippen molar-refractivity contribution >= 4 is 5.91 Å². The summed E-state index contributed by atoms with van der Waals surface area (Å²) in [6, 6.07) is 8.80. The summed E-state index contributed by atoms with van der Waals surface area (Å²) in [5.41, 5.74) is 2.93. The van der Waals surface area contributed by atoms with Crippen LogP contribution in [0.15, 0.2) is 34.9 Å². The molecule has 1 atom stereocenters. The van der Waals surface area contributed by atoms with Gasteiger partial charge in [-0.2, -0.15) is 0 Å². The van der Waals surface area contributed by atoms with Crippen LogP contribution in [0.1, 0.15) is 61.6 Å². The van der Waals surface area contributed by atoms with Gasteiger partial charge in [-0.15, -0.1) is 0 Å². The van der Waals surface area contributed by atoms with E-state index >= 15 is 0 Å². The van der Waals surface area contributed by atoms with Crippen molar-refractivity contribution in [2.24, 2.45) is 5.92 Å². The van der Waals surface area contributed by atoms with Gasteiger partial charge in [0.1, 0.15) is 6.26 Å². The number of benzene rings is 1. The average Bonchev–Trinajstić information content (AvgIpc) is 3.08. The third kappa shape index (κ3) is 5.70. The maximum absolute atomic E-state index is 12.1. The predicted octanol–water partition coefficient (Wildman–Crippen LogP) is 4.17. The van der Waals surface area contributed by atoms with Crippen molar-refractivity contribution in [3.05, 3.63) is 53.2 Å². The molecule has 0 aliphatic rings. The Balaban J connectivity index is 2.07. The number of hydrogen-bond acceptors (Lipinski definition) is 4. The van der Waals surface area contributed by atoms with Crippen molar-refractivity contribution in [2.45, 2.75) is 60.2 Å². The molecule has 1 aromatic carbocycles. The van der Waals surface area contributed by atoms with Gasteiger partial charge in [-0.3, -0.25) is 9.69 Å². The summed E-state index contributed by atoms with van der Waals surface area (Å²) >= 11 is 0. The quantitative estimate of drug-likeness (QED) is 0.732. The van der Waals surface area contributed by atoms with Gasteiger partial charge >= 0.3 is 0 Å². The Labute approximate surface area is 156 Å². The summed E-state index contributed by atoms with van der Waals surface area (Å²) in [5.74, 6) is 0.802. The zero-order chi connectivity index (χ0) is 19.1. The first kappa shape index (κ1) is 20.2. The zero-order valence-electron chi connectivity index (χ0n) is 16.6. The monoisotopic (exact) mass is 357 g/mol. The number of rotatable bonds is 9. The van der Waals surface area contributed by atoms with Crippen LogP contribution in [0.2, 0.25) is 0 Å². The molecule has 0 aliphatic heterocycles. The second-order valence-electron chi connectivity index (χ2n) is 7.32. The molecule has 0 saturated heterocycles. The lowest BCUT2D eigenvalue weighted by Crippen LogP contribution is -2.32. The average molecular weight is 357 g/mol. The third-order valence-corrected chi connectivity index (χ3v) is 4.64. The van der Waals surface area contributed by atoms with E-state index in [-0.39, 0.29) is 5.91 Å². The highest BCUT2D eigenvalue weighted by Gasteiger charge is 2.19. The van der Waals surface area contributed by atoms with E-state index in [4.69, 9.17) is 4.42 Å². The fraction of sp³-hybridized carbons (Fsp3) is 0.524. The van der Waals surface area contributed by atoms with E-state index in [1.54, 1.807) is 0 Å². The largest absolute Gasteiger partial charge is 0.447 e. The molecule has 5 heteroatoms. The summed E-state index contributed by atoms with van der Waals surface area (Å²) in [5, 5.41) is 2.87. The molecule has 26 heavy (non-hydrogen) atoms. The maximum Gasteiger partial charge on any atom is 0.273 e. The summed E-state index contributed by atoms with van der Waals surface area (Å²) < 4.78 is 5.57. The van der Waals surface area contributed by atoms with E-state index < -0.39 is 0 Å². The molecule has 0 bridgehead atoms. The number of carbonyl (C=O) groups excluding carboxylic acids is 1. The van der Waals surface area contributed by atoms with E-state index in [0.717, 1.165) is 13.0 Å². The lowest BCUT2D eigenvalue weighted by atomic mass is 10.1. The Morgan fingerprint density at radius 1 is 1.23 bits per heavy atom. The van der Waals surface area contributed by atoms with E-state index in [1.807, 2.05) is 0 Å². The highest BCUT2D eigenvalue weighted by Crippen LogP contribution is 2.17. The van der Waals surface area contributed by atoms with E-state index in [2.05, 4.69) is 74.1 Å². The molecule has 0 spiro atoms. The summed E-state index contributed by atoms with van der Waals surface area (Å²) in [4.78, 5) is 18.9. The minimum absolute atomic E-state index is 0.178. The highest BCUT2D eigenvalue weighted by atomic mass is 16.3. The van der Waals surface area contributed by atoms with Gasteiger partial charge in [-0.25, -0.2) is 4.98 Å². The highest BCUT2D eigenvalue weighted by molar-refractivity contribution is 5.91. The molecule has 5 nitrogen and oxygen atoms in total. The normalized spacial score (nSPS) is 12.6. The molecule has 1 aromatic heterocycles. The van der Waals surface area contributed by atoms with Gasteiger partial charge in [0.25, 0.3) is 5.91 Å². The number of nitrogens with zero attached hydrogens (tertiary/aromatic N) is 2. The second kappa shape index (κ2) is 9.53. The molecule has 1 unspecified atom stereocenters. The Kier molecular flexibility index (Phi) is 7.39. The number of aryl methyl sites for hydroxylation is 1. The number of carbonyl (C=O) groups is 1. The standard InChI is InChI=1S/C21H31N3O2/c1-6-17(5)24(12-18-10-8-7-9-16(18)4)13-20-23-19(14-26-20)21(25)22-11-15(2)3/h7-10,14-15,17H,6,11-13H2,1-5H3,(H,22,25). The number of nitrogens with one attached hydrogen (secondary N) is 1. The summed E-state index contributed by atoms with van der Waals surface area (Å²) in [6.45, 7) is 12.7.